The Morgan fingerprint density at radius 2 is 1.62 bits per heavy atom. The summed E-state index contributed by atoms with van der Waals surface area (Å²) in [5, 5.41) is 19.3. The quantitative estimate of drug-likeness (QED) is 0.116. The van der Waals surface area contributed by atoms with Gasteiger partial charge >= 0.3 is 0 Å². The highest BCUT2D eigenvalue weighted by Crippen LogP contribution is 2.17. The Hall–Kier alpha value is -4.75. The van der Waals surface area contributed by atoms with Gasteiger partial charge < -0.3 is 46.3 Å². The second kappa shape index (κ2) is 9.81. The van der Waals surface area contributed by atoms with Crippen LogP contribution in [0.1, 0.15) is 38.0 Å². The summed E-state index contributed by atoms with van der Waals surface area (Å²) in [6.45, 7) is 0.149. The summed E-state index contributed by atoms with van der Waals surface area (Å²) in [5.41, 5.74) is 12.6. The molecule has 0 saturated heterocycles. The number of imidazole rings is 1. The average Bonchev–Trinajstić information content (AvgIpc) is 3.43. The molecule has 8 N–H and O–H groups in total. The summed E-state index contributed by atoms with van der Waals surface area (Å²) in [5.74, 6) is -1.12. The van der Waals surface area contributed by atoms with Crippen molar-refractivity contribution in [2.45, 2.75) is 6.42 Å². The topological polar surface area (TPSA) is 200 Å². The second-order valence-electron chi connectivity index (χ2n) is 7.56. The molecular formula is C20H26N10O4. The van der Waals surface area contributed by atoms with Gasteiger partial charge in [-0.25, -0.2) is 4.98 Å². The van der Waals surface area contributed by atoms with Gasteiger partial charge in [-0.1, -0.05) is 5.16 Å². The molecule has 3 rings (SSSR count). The molecule has 14 nitrogen and oxygen atoms in total. The number of nitrogens with two attached hydrogens (primary N) is 2. The third kappa shape index (κ3) is 5.35. The third-order valence-corrected chi connectivity index (χ3v) is 4.87. The molecule has 0 saturated carbocycles. The largest absolute Gasteiger partial charge is 0.409 e. The zero-order valence-corrected chi connectivity index (χ0v) is 18.9. The lowest BCUT2D eigenvalue weighted by molar-refractivity contribution is 0.0939. The first kappa shape index (κ1) is 23.9. The molecule has 0 aliphatic heterocycles. The predicted molar refractivity (Wildman–Crippen MR) is 125 cm³/mol. The van der Waals surface area contributed by atoms with Crippen LogP contribution < -0.4 is 27.4 Å². The summed E-state index contributed by atoms with van der Waals surface area (Å²) < 4.78 is 4.61. The maximum absolute atomic E-state index is 12.8. The van der Waals surface area contributed by atoms with Crippen molar-refractivity contribution in [3.63, 3.8) is 0 Å². The number of rotatable bonds is 8. The number of hydrogen-bond acceptors (Lipinski definition) is 7. The first-order valence-corrected chi connectivity index (χ1v) is 10.1. The van der Waals surface area contributed by atoms with Crippen LogP contribution in [-0.2, 0) is 21.1 Å². The molecule has 0 radical (unpaired) electrons. The maximum Gasteiger partial charge on any atom is 0.287 e. The summed E-state index contributed by atoms with van der Waals surface area (Å²) in [6, 6.07) is 3.07. The average molecular weight is 470 g/mol. The van der Waals surface area contributed by atoms with Crippen molar-refractivity contribution in [1.82, 2.24) is 24.0 Å². The van der Waals surface area contributed by atoms with Gasteiger partial charge in [0.2, 0.25) is 5.82 Å². The Kier molecular flexibility index (Phi) is 6.89. The molecule has 180 valence electrons. The summed E-state index contributed by atoms with van der Waals surface area (Å²) in [6.07, 6.45) is 4.87. The molecule has 0 spiro atoms. The first-order chi connectivity index (χ1) is 16.1. The monoisotopic (exact) mass is 470 g/mol. The van der Waals surface area contributed by atoms with E-state index < -0.39 is 11.8 Å². The van der Waals surface area contributed by atoms with Crippen molar-refractivity contribution in [3.8, 4) is 0 Å². The molecule has 0 aliphatic rings. The molecule has 34 heavy (non-hydrogen) atoms. The second-order valence-corrected chi connectivity index (χ2v) is 7.56. The normalized spacial score (nSPS) is 11.3. The van der Waals surface area contributed by atoms with Gasteiger partial charge in [0.25, 0.3) is 17.7 Å². The molecule has 14 heteroatoms. The minimum absolute atomic E-state index is 0.0148. The SMILES string of the molecule is Cn1cc(N)cc1C(=O)Nc1cc(C(=O)Nc2cn(C)c(C(=O)NCCC(N)=NO)n2)n(C)c1. The van der Waals surface area contributed by atoms with Crippen molar-refractivity contribution in [3.05, 3.63) is 47.9 Å². The maximum atomic E-state index is 12.8. The van der Waals surface area contributed by atoms with Gasteiger partial charge in [0, 0.05) is 52.7 Å². The van der Waals surface area contributed by atoms with Gasteiger partial charge in [-0.3, -0.25) is 14.4 Å². The van der Waals surface area contributed by atoms with Crippen LogP contribution in [0.25, 0.3) is 0 Å². The number of carbonyl (C=O) groups is 3. The zero-order chi connectivity index (χ0) is 25.0. The molecule has 3 aromatic rings. The van der Waals surface area contributed by atoms with Crippen LogP contribution in [0.5, 0.6) is 0 Å². The van der Waals surface area contributed by atoms with E-state index >= 15 is 0 Å². The summed E-state index contributed by atoms with van der Waals surface area (Å²) in [4.78, 5) is 41.7. The standard InChI is InChI=1S/C20H26N10O4/c1-28-8-11(21)6-13(28)18(31)24-12-7-14(29(2)9-12)19(32)26-16-10-30(3)17(25-16)20(33)23-5-4-15(22)27-34/h6-10,34H,4-5,21H2,1-3H3,(H2,22,27)(H,23,33)(H,24,31)(H,26,32). The molecular weight excluding hydrogens is 444 g/mol. The number of carbonyl (C=O) groups excluding carboxylic acids is 3. The number of amidine groups is 1. The van der Waals surface area contributed by atoms with Crippen molar-refractivity contribution in [2.75, 3.05) is 22.9 Å². The molecule has 0 bridgehead atoms. The van der Waals surface area contributed by atoms with Crippen LogP contribution in [-0.4, -0.2) is 54.0 Å². The van der Waals surface area contributed by atoms with Crippen LogP contribution in [0.3, 0.4) is 0 Å². The van der Waals surface area contributed by atoms with E-state index in [4.69, 9.17) is 16.7 Å². The Bertz CT molecular complexity index is 1270. The first-order valence-electron chi connectivity index (χ1n) is 10.1. The highest BCUT2D eigenvalue weighted by atomic mass is 16.4. The lowest BCUT2D eigenvalue weighted by atomic mass is 10.3. The van der Waals surface area contributed by atoms with Crippen molar-refractivity contribution in [1.29, 1.82) is 0 Å². The molecule has 0 fully saturated rings. The lowest BCUT2D eigenvalue weighted by Crippen LogP contribution is -2.29. The number of hydrogen-bond donors (Lipinski definition) is 6. The van der Waals surface area contributed by atoms with Crippen LogP contribution in [0.15, 0.2) is 35.9 Å². The predicted octanol–water partition coefficient (Wildman–Crippen LogP) is 0.0502. The van der Waals surface area contributed by atoms with Gasteiger partial charge in [0.05, 0.1) is 11.4 Å². The number of aromatic nitrogens is 4. The number of nitrogen functional groups attached to an aromatic ring is 1. The molecule has 0 aliphatic carbocycles. The van der Waals surface area contributed by atoms with Gasteiger partial charge in [-0.15, -0.1) is 0 Å². The number of nitrogens with one attached hydrogen (secondary N) is 3. The van der Waals surface area contributed by atoms with Crippen molar-refractivity contribution >= 4 is 40.7 Å². The van der Waals surface area contributed by atoms with Crippen LogP contribution in [0, 0.1) is 0 Å². The van der Waals surface area contributed by atoms with Gasteiger partial charge in [-0.05, 0) is 12.1 Å². The summed E-state index contributed by atoms with van der Waals surface area (Å²) in [7, 11) is 4.96. The third-order valence-electron chi connectivity index (χ3n) is 4.87. The zero-order valence-electron chi connectivity index (χ0n) is 18.9. The number of oxime groups is 1. The van der Waals surface area contributed by atoms with Crippen molar-refractivity contribution in [2.24, 2.45) is 32.0 Å². The highest BCUT2D eigenvalue weighted by Gasteiger charge is 2.19. The molecule has 3 amide bonds. The van der Waals surface area contributed by atoms with E-state index in [1.54, 1.807) is 48.7 Å². The van der Waals surface area contributed by atoms with Crippen LogP contribution >= 0.6 is 0 Å². The van der Waals surface area contributed by atoms with E-state index in [0.29, 0.717) is 17.1 Å². The van der Waals surface area contributed by atoms with E-state index in [1.165, 1.54) is 16.8 Å². The summed E-state index contributed by atoms with van der Waals surface area (Å²) >= 11 is 0. The minimum Gasteiger partial charge on any atom is -0.409 e. The van der Waals surface area contributed by atoms with Crippen LogP contribution in [0.2, 0.25) is 0 Å². The smallest absolute Gasteiger partial charge is 0.287 e. The Morgan fingerprint density at radius 3 is 2.26 bits per heavy atom. The van der Waals surface area contributed by atoms with E-state index in [2.05, 4.69) is 26.1 Å². The molecule has 0 atom stereocenters. The molecule has 3 heterocycles. The Balaban J connectivity index is 1.65. The van der Waals surface area contributed by atoms with E-state index in [9.17, 15) is 14.4 Å². The number of nitrogens with zero attached hydrogens (tertiary/aromatic N) is 5. The lowest BCUT2D eigenvalue weighted by Gasteiger charge is -2.04. The molecule has 3 aromatic heterocycles. The fourth-order valence-corrected chi connectivity index (χ4v) is 3.22. The number of anilines is 3. The number of aryl methyl sites for hydroxylation is 3. The van der Waals surface area contributed by atoms with Gasteiger partial charge in [0.1, 0.15) is 17.2 Å². The Morgan fingerprint density at radius 1 is 0.971 bits per heavy atom. The van der Waals surface area contributed by atoms with Crippen LogP contribution in [0.4, 0.5) is 17.2 Å². The van der Waals surface area contributed by atoms with E-state index in [0.717, 1.165) is 0 Å². The minimum atomic E-state index is -0.487. The fraction of sp³-hybridized carbons (Fsp3) is 0.250. The molecule has 0 aromatic carbocycles. The van der Waals surface area contributed by atoms with E-state index in [1.807, 2.05) is 0 Å². The number of amides is 3. The van der Waals surface area contributed by atoms with Crippen molar-refractivity contribution < 1.29 is 19.6 Å². The van der Waals surface area contributed by atoms with E-state index in [-0.39, 0.29) is 42.0 Å². The van der Waals surface area contributed by atoms with Gasteiger partial charge in [-0.2, -0.15) is 0 Å². The molecule has 0 unspecified atom stereocenters. The fourth-order valence-electron chi connectivity index (χ4n) is 3.22. The Labute approximate surface area is 194 Å². The highest BCUT2D eigenvalue weighted by molar-refractivity contribution is 6.07. The van der Waals surface area contributed by atoms with Gasteiger partial charge in [0.15, 0.2) is 5.82 Å².